The molecule has 1 aromatic rings. The summed E-state index contributed by atoms with van der Waals surface area (Å²) in [4.78, 5) is 11.8. The molecule has 0 atom stereocenters. The minimum atomic E-state index is -0.0682. The largest absolute Gasteiger partial charge is 0.323 e. The molecule has 0 saturated heterocycles. The Hall–Kier alpha value is -1.94. The SMILES string of the molecule is CCCCCC(=C/c1ccccc1)/C=N/NC(=O)C[N+](C)(C)C. The summed E-state index contributed by atoms with van der Waals surface area (Å²) in [6.45, 7) is 2.60. The summed E-state index contributed by atoms with van der Waals surface area (Å²) in [7, 11) is 5.94. The number of likely N-dealkylation sites (N-methyl/N-ethyl adjacent to an activating group) is 1. The molecule has 1 rings (SSSR count). The van der Waals surface area contributed by atoms with E-state index < -0.39 is 0 Å². The first-order valence-electron chi connectivity index (χ1n) is 8.28. The zero-order valence-electron chi connectivity index (χ0n) is 14.9. The molecule has 0 aliphatic rings. The number of carbonyl (C=O) groups excluding carboxylic acids is 1. The van der Waals surface area contributed by atoms with E-state index in [9.17, 15) is 4.79 Å². The van der Waals surface area contributed by atoms with Crippen molar-refractivity contribution in [1.82, 2.24) is 5.43 Å². The second-order valence-corrected chi connectivity index (χ2v) is 6.83. The minimum absolute atomic E-state index is 0.0682. The molecular formula is C19H30N3O+. The summed E-state index contributed by atoms with van der Waals surface area (Å²) >= 11 is 0. The van der Waals surface area contributed by atoms with Crippen molar-refractivity contribution in [2.45, 2.75) is 32.6 Å². The van der Waals surface area contributed by atoms with Crippen LogP contribution in [0.2, 0.25) is 0 Å². The molecule has 0 heterocycles. The van der Waals surface area contributed by atoms with Gasteiger partial charge in [0.05, 0.1) is 27.4 Å². The average Bonchev–Trinajstić information content (AvgIpc) is 2.46. The van der Waals surface area contributed by atoms with Crippen molar-refractivity contribution in [2.75, 3.05) is 27.7 Å². The van der Waals surface area contributed by atoms with E-state index in [2.05, 4.69) is 35.7 Å². The minimum Gasteiger partial charge on any atom is -0.323 e. The predicted octanol–water partition coefficient (Wildman–Crippen LogP) is 3.46. The molecule has 4 heteroatoms. The van der Waals surface area contributed by atoms with E-state index in [1.54, 1.807) is 6.21 Å². The molecule has 0 aromatic heterocycles. The van der Waals surface area contributed by atoms with Gasteiger partial charge in [0, 0.05) is 0 Å². The third-order valence-corrected chi connectivity index (χ3v) is 3.26. The Bertz CT molecular complexity index is 527. The van der Waals surface area contributed by atoms with Gasteiger partial charge in [0.2, 0.25) is 0 Å². The summed E-state index contributed by atoms with van der Waals surface area (Å²) < 4.78 is 0.588. The zero-order chi connectivity index (χ0) is 17.1. The standard InChI is InChI=1S/C19H29N3O/c1-5-6-8-13-18(14-17-11-9-7-10-12-17)15-20-21-19(23)16-22(2,3)4/h7,9-12,14-15H,5-6,8,13,16H2,1-4H3/p+1/b18-14-,20-15+. The number of unbranched alkanes of at least 4 members (excludes halogenated alkanes) is 2. The highest BCUT2D eigenvalue weighted by Crippen LogP contribution is 2.12. The van der Waals surface area contributed by atoms with E-state index in [-0.39, 0.29) is 5.91 Å². The Morgan fingerprint density at radius 3 is 2.48 bits per heavy atom. The fraction of sp³-hybridized carbons (Fsp3) is 0.474. The van der Waals surface area contributed by atoms with Crippen LogP contribution in [0.15, 0.2) is 41.0 Å². The topological polar surface area (TPSA) is 41.5 Å². The van der Waals surface area contributed by atoms with Crippen LogP contribution in [0.3, 0.4) is 0 Å². The second kappa shape index (κ2) is 9.95. The quantitative estimate of drug-likeness (QED) is 0.322. The van der Waals surface area contributed by atoms with Gasteiger partial charge in [-0.2, -0.15) is 5.10 Å². The van der Waals surface area contributed by atoms with E-state index in [0.29, 0.717) is 11.0 Å². The van der Waals surface area contributed by atoms with Crippen molar-refractivity contribution < 1.29 is 9.28 Å². The van der Waals surface area contributed by atoms with E-state index in [1.165, 1.54) is 12.8 Å². The third kappa shape index (κ3) is 9.63. The maximum Gasteiger partial charge on any atom is 0.295 e. The summed E-state index contributed by atoms with van der Waals surface area (Å²) in [6.07, 6.45) is 8.40. The number of quaternary nitrogens is 1. The molecular weight excluding hydrogens is 286 g/mol. The molecule has 1 amide bonds. The first-order valence-corrected chi connectivity index (χ1v) is 8.28. The van der Waals surface area contributed by atoms with Crippen molar-refractivity contribution in [3.63, 3.8) is 0 Å². The van der Waals surface area contributed by atoms with E-state index >= 15 is 0 Å². The van der Waals surface area contributed by atoms with Crippen LogP contribution in [0.1, 0.15) is 38.2 Å². The number of hydrogen-bond donors (Lipinski definition) is 1. The van der Waals surface area contributed by atoms with Crippen molar-refractivity contribution in [3.05, 3.63) is 41.5 Å². The van der Waals surface area contributed by atoms with Crippen molar-refractivity contribution >= 4 is 18.2 Å². The molecule has 0 aliphatic carbocycles. The van der Waals surface area contributed by atoms with Crippen LogP contribution in [-0.4, -0.2) is 44.3 Å². The molecule has 0 spiro atoms. The smallest absolute Gasteiger partial charge is 0.295 e. The lowest BCUT2D eigenvalue weighted by atomic mass is 10.1. The van der Waals surface area contributed by atoms with Crippen LogP contribution in [0.5, 0.6) is 0 Å². The molecule has 0 fully saturated rings. The number of nitrogens with zero attached hydrogens (tertiary/aromatic N) is 2. The molecule has 4 nitrogen and oxygen atoms in total. The number of rotatable bonds is 9. The molecule has 126 valence electrons. The van der Waals surface area contributed by atoms with Gasteiger partial charge in [0.25, 0.3) is 5.91 Å². The average molecular weight is 316 g/mol. The van der Waals surface area contributed by atoms with Crippen LogP contribution in [-0.2, 0) is 4.79 Å². The molecule has 23 heavy (non-hydrogen) atoms. The van der Waals surface area contributed by atoms with Gasteiger partial charge in [-0.1, -0.05) is 56.2 Å². The van der Waals surface area contributed by atoms with Crippen molar-refractivity contribution in [2.24, 2.45) is 5.10 Å². The van der Waals surface area contributed by atoms with Crippen LogP contribution >= 0.6 is 0 Å². The number of hydrazone groups is 1. The molecule has 1 aromatic carbocycles. The lowest BCUT2D eigenvalue weighted by molar-refractivity contribution is -0.862. The molecule has 0 aliphatic heterocycles. The predicted molar refractivity (Wildman–Crippen MR) is 98.1 cm³/mol. The van der Waals surface area contributed by atoms with E-state index in [4.69, 9.17) is 0 Å². The Morgan fingerprint density at radius 1 is 1.17 bits per heavy atom. The number of hydrogen-bond acceptors (Lipinski definition) is 2. The van der Waals surface area contributed by atoms with Crippen molar-refractivity contribution in [3.8, 4) is 0 Å². The highest BCUT2D eigenvalue weighted by Gasteiger charge is 2.13. The van der Waals surface area contributed by atoms with Gasteiger partial charge in [-0.05, 0) is 24.0 Å². The maximum absolute atomic E-state index is 11.8. The highest BCUT2D eigenvalue weighted by atomic mass is 16.2. The van der Waals surface area contributed by atoms with Crippen LogP contribution < -0.4 is 5.43 Å². The lowest BCUT2D eigenvalue weighted by Crippen LogP contribution is -2.43. The van der Waals surface area contributed by atoms with Gasteiger partial charge in [0.15, 0.2) is 6.54 Å². The van der Waals surface area contributed by atoms with Crippen molar-refractivity contribution in [1.29, 1.82) is 0 Å². The maximum atomic E-state index is 11.8. The number of benzene rings is 1. The van der Waals surface area contributed by atoms with Gasteiger partial charge < -0.3 is 4.48 Å². The molecule has 0 bridgehead atoms. The number of allylic oxidation sites excluding steroid dienone is 1. The summed E-state index contributed by atoms with van der Waals surface area (Å²) in [6, 6.07) is 10.2. The summed E-state index contributed by atoms with van der Waals surface area (Å²) in [5, 5.41) is 4.13. The number of nitrogens with one attached hydrogen (secondary N) is 1. The number of amides is 1. The third-order valence-electron chi connectivity index (χ3n) is 3.26. The van der Waals surface area contributed by atoms with Gasteiger partial charge >= 0.3 is 0 Å². The Labute approximate surface area is 140 Å². The monoisotopic (exact) mass is 316 g/mol. The summed E-state index contributed by atoms with van der Waals surface area (Å²) in [5.74, 6) is -0.0682. The van der Waals surface area contributed by atoms with Gasteiger partial charge in [-0.15, -0.1) is 0 Å². The Balaban J connectivity index is 2.67. The van der Waals surface area contributed by atoms with E-state index in [0.717, 1.165) is 24.0 Å². The Morgan fingerprint density at radius 2 is 1.87 bits per heavy atom. The van der Waals surface area contributed by atoms with Crippen LogP contribution in [0, 0.1) is 0 Å². The summed E-state index contributed by atoms with van der Waals surface area (Å²) in [5.41, 5.74) is 4.91. The molecule has 0 unspecified atom stereocenters. The zero-order valence-corrected chi connectivity index (χ0v) is 14.9. The first kappa shape index (κ1) is 19.1. The van der Waals surface area contributed by atoms with Gasteiger partial charge in [0.1, 0.15) is 0 Å². The van der Waals surface area contributed by atoms with Gasteiger partial charge in [-0.3, -0.25) is 4.79 Å². The van der Waals surface area contributed by atoms with E-state index in [1.807, 2.05) is 39.3 Å². The highest BCUT2D eigenvalue weighted by molar-refractivity contribution is 5.86. The molecule has 0 radical (unpaired) electrons. The fourth-order valence-corrected chi connectivity index (χ4v) is 2.17. The second-order valence-electron chi connectivity index (χ2n) is 6.83. The van der Waals surface area contributed by atoms with Crippen LogP contribution in [0.25, 0.3) is 6.08 Å². The van der Waals surface area contributed by atoms with Crippen LogP contribution in [0.4, 0.5) is 0 Å². The molecule has 1 N–H and O–H groups in total. The first-order chi connectivity index (χ1) is 10.9. The normalized spacial score (nSPS) is 12.6. The fourth-order valence-electron chi connectivity index (χ4n) is 2.17. The van der Waals surface area contributed by atoms with Gasteiger partial charge in [-0.25, -0.2) is 5.43 Å². The Kier molecular flexibility index (Phi) is 8.27. The lowest BCUT2D eigenvalue weighted by Gasteiger charge is -2.22. The molecule has 0 saturated carbocycles. The number of carbonyl (C=O) groups is 1.